The van der Waals surface area contributed by atoms with Gasteiger partial charge in [0.15, 0.2) is 10.7 Å². The number of aliphatic hydroxyl groups excluding tert-OH is 1. The van der Waals surface area contributed by atoms with Crippen LogP contribution in [-0.4, -0.2) is 19.6 Å². The molecule has 4 heteroatoms. The van der Waals surface area contributed by atoms with E-state index in [0.717, 1.165) is 19.3 Å². The maximum atomic E-state index is 10.9. The molecule has 3 nitrogen and oxygen atoms in total. The van der Waals surface area contributed by atoms with Gasteiger partial charge in [0.25, 0.3) is 0 Å². The fourth-order valence-corrected chi connectivity index (χ4v) is 4.29. The third-order valence-corrected chi connectivity index (χ3v) is 5.53. The quantitative estimate of drug-likeness (QED) is 0.817. The zero-order valence-corrected chi connectivity index (χ0v) is 11.8. The topological polar surface area (TPSA) is 54.4 Å². The highest BCUT2D eigenvalue weighted by Crippen LogP contribution is 2.47. The molecule has 0 amide bonds. The van der Waals surface area contributed by atoms with Crippen molar-refractivity contribution in [3.63, 3.8) is 0 Å². The van der Waals surface area contributed by atoms with Crippen LogP contribution in [0, 0.1) is 11.8 Å². The van der Waals surface area contributed by atoms with Gasteiger partial charge in [0, 0.05) is 0 Å². The third-order valence-electron chi connectivity index (χ3n) is 4.81. The van der Waals surface area contributed by atoms with Gasteiger partial charge in [-0.15, -0.1) is 0 Å². The molecule has 0 radical (unpaired) electrons. The minimum absolute atomic E-state index is 0.141. The van der Waals surface area contributed by atoms with E-state index in [9.17, 15) is 13.5 Å². The van der Waals surface area contributed by atoms with Gasteiger partial charge in [0.1, 0.15) is 0 Å². The highest BCUT2D eigenvalue weighted by atomic mass is 32.2. The molecule has 1 N–H and O–H groups in total. The molecule has 104 valence electrons. The maximum Gasteiger partial charge on any atom is 0.168 e. The molecule has 0 aromatic heterocycles. The summed E-state index contributed by atoms with van der Waals surface area (Å²) in [5.74, 6) is 1.68. The molecule has 1 unspecified atom stereocenters. The normalized spacial score (nSPS) is 34.4. The second kappa shape index (κ2) is 5.25. The van der Waals surface area contributed by atoms with Gasteiger partial charge in [-0.1, -0.05) is 18.6 Å². The van der Waals surface area contributed by atoms with Crippen LogP contribution in [0.1, 0.15) is 43.6 Å². The molecule has 3 aliphatic carbocycles. The number of benzene rings is 1. The molecule has 3 saturated carbocycles. The van der Waals surface area contributed by atoms with Gasteiger partial charge in [0.05, 0.1) is 11.0 Å². The summed E-state index contributed by atoms with van der Waals surface area (Å²) in [6.45, 7) is 0. The van der Waals surface area contributed by atoms with E-state index in [1.165, 1.54) is 18.4 Å². The molecular formula is C15H20O3S. The Labute approximate surface area is 115 Å². The molecule has 0 heterocycles. The average molecular weight is 280 g/mol. The molecule has 0 saturated heterocycles. The van der Waals surface area contributed by atoms with Gasteiger partial charge in [-0.3, -0.25) is 0 Å². The van der Waals surface area contributed by atoms with E-state index in [2.05, 4.69) is 0 Å². The van der Waals surface area contributed by atoms with Crippen LogP contribution >= 0.6 is 0 Å². The number of rotatable bonds is 2. The summed E-state index contributed by atoms with van der Waals surface area (Å²) in [7, 11) is -2.48. The van der Waals surface area contributed by atoms with E-state index < -0.39 is 10.7 Å². The molecule has 2 bridgehead atoms. The number of aliphatic hydroxyl groups is 1. The van der Waals surface area contributed by atoms with Gasteiger partial charge in [-0.05, 0) is 61.1 Å². The van der Waals surface area contributed by atoms with Crippen LogP contribution in [0.5, 0.6) is 0 Å². The predicted molar refractivity (Wildman–Crippen MR) is 73.8 cm³/mol. The van der Waals surface area contributed by atoms with Gasteiger partial charge in [-0.2, -0.15) is 0 Å². The highest BCUT2D eigenvalue weighted by molar-refractivity contribution is 7.72. The van der Waals surface area contributed by atoms with E-state index in [1.54, 1.807) is 12.1 Å². The Morgan fingerprint density at radius 3 is 2.42 bits per heavy atom. The largest absolute Gasteiger partial charge is 0.393 e. The number of hydrogen-bond acceptors (Lipinski definition) is 3. The Kier molecular flexibility index (Phi) is 3.63. The van der Waals surface area contributed by atoms with Crippen molar-refractivity contribution >= 4 is 10.7 Å². The molecule has 3 fully saturated rings. The van der Waals surface area contributed by atoms with Gasteiger partial charge >= 0.3 is 0 Å². The molecule has 1 aromatic rings. The van der Waals surface area contributed by atoms with Crippen LogP contribution in [0.2, 0.25) is 0 Å². The smallest absolute Gasteiger partial charge is 0.168 e. The van der Waals surface area contributed by atoms with Crippen LogP contribution in [0.3, 0.4) is 0 Å². The summed E-state index contributed by atoms with van der Waals surface area (Å²) in [6.07, 6.45) is 5.28. The van der Waals surface area contributed by atoms with Gasteiger partial charge < -0.3 is 5.11 Å². The second-order valence-electron chi connectivity index (χ2n) is 6.02. The second-order valence-corrected chi connectivity index (χ2v) is 7.05. The Morgan fingerprint density at radius 1 is 1.00 bits per heavy atom. The first-order valence-corrected chi connectivity index (χ1v) is 8.23. The van der Waals surface area contributed by atoms with Crippen molar-refractivity contribution in [2.24, 2.45) is 11.8 Å². The van der Waals surface area contributed by atoms with Crippen LogP contribution in [-0.2, 0) is 10.7 Å². The zero-order chi connectivity index (χ0) is 13.4. The summed E-state index contributed by atoms with van der Waals surface area (Å²) in [5.41, 5.74) is 1.24. The molecule has 19 heavy (non-hydrogen) atoms. The summed E-state index contributed by atoms with van der Waals surface area (Å²) >= 11 is 0. The molecule has 4 rings (SSSR count). The first-order chi connectivity index (χ1) is 9.13. The van der Waals surface area contributed by atoms with Crippen molar-refractivity contribution < 1.29 is 13.5 Å². The molecule has 4 atom stereocenters. The van der Waals surface area contributed by atoms with E-state index in [-0.39, 0.29) is 6.10 Å². The van der Waals surface area contributed by atoms with E-state index in [4.69, 9.17) is 0 Å². The van der Waals surface area contributed by atoms with Gasteiger partial charge in [-0.25, -0.2) is 8.42 Å². The fraction of sp³-hybridized carbons (Fsp3) is 0.600. The Balaban J connectivity index is 1.85. The Morgan fingerprint density at radius 2 is 1.74 bits per heavy atom. The average Bonchev–Trinajstić information content (AvgIpc) is 2.67. The SMILES string of the molecule is O=[SH](=O)c1ccc(C2C[C@H]3CC[C@@H]2C[C@H](O)C3)cc1. The standard InChI is InChI=1S/C15H20O3S/c16-13-7-10-1-2-12(9-13)15(8-10)11-3-5-14(6-4-11)19(17)18/h3-6,10,12-13,15-16,19H,1-2,7-9H2/t10-,12+,13+,15?/m0/s1. The number of thiol groups is 1. The van der Waals surface area contributed by atoms with Crippen molar-refractivity contribution in [1.82, 2.24) is 0 Å². The number of fused-ring (bicyclic) bond motifs is 4. The van der Waals surface area contributed by atoms with Crippen LogP contribution in [0.4, 0.5) is 0 Å². The van der Waals surface area contributed by atoms with Crippen LogP contribution in [0.25, 0.3) is 0 Å². The predicted octanol–water partition coefficient (Wildman–Crippen LogP) is 2.31. The van der Waals surface area contributed by atoms with Crippen molar-refractivity contribution in [1.29, 1.82) is 0 Å². The monoisotopic (exact) mass is 280 g/mol. The van der Waals surface area contributed by atoms with E-state index >= 15 is 0 Å². The lowest BCUT2D eigenvalue weighted by molar-refractivity contribution is 0.140. The minimum atomic E-state index is -2.48. The van der Waals surface area contributed by atoms with E-state index in [1.807, 2.05) is 12.1 Å². The first kappa shape index (κ1) is 13.1. The van der Waals surface area contributed by atoms with Gasteiger partial charge in [0.2, 0.25) is 0 Å². The molecule has 1 aromatic carbocycles. The number of hydrogen-bond donors (Lipinski definition) is 2. The zero-order valence-electron chi connectivity index (χ0n) is 10.9. The van der Waals surface area contributed by atoms with Crippen molar-refractivity contribution in [3.8, 4) is 0 Å². The van der Waals surface area contributed by atoms with Crippen molar-refractivity contribution in [2.75, 3.05) is 0 Å². The molecule has 0 spiro atoms. The summed E-state index contributed by atoms with van der Waals surface area (Å²) < 4.78 is 21.8. The van der Waals surface area contributed by atoms with E-state index in [0.29, 0.717) is 22.6 Å². The molecule has 0 aliphatic heterocycles. The first-order valence-electron chi connectivity index (χ1n) is 7.06. The lowest BCUT2D eigenvalue weighted by Gasteiger charge is -2.32. The van der Waals surface area contributed by atoms with Crippen LogP contribution < -0.4 is 0 Å². The Bertz CT molecular complexity index is 513. The summed E-state index contributed by atoms with van der Waals surface area (Å²) in [6, 6.07) is 7.32. The fourth-order valence-electron chi connectivity index (χ4n) is 3.90. The lowest BCUT2D eigenvalue weighted by atomic mass is 9.72. The highest BCUT2D eigenvalue weighted by Gasteiger charge is 2.37. The Hall–Kier alpha value is -0.870. The molecule has 3 aliphatic rings. The summed E-state index contributed by atoms with van der Waals surface area (Å²) in [4.78, 5) is 0.387. The minimum Gasteiger partial charge on any atom is -0.393 e. The maximum absolute atomic E-state index is 10.9. The lowest BCUT2D eigenvalue weighted by Crippen LogP contribution is -2.20. The summed E-state index contributed by atoms with van der Waals surface area (Å²) in [5, 5.41) is 9.97. The molecular weight excluding hydrogens is 260 g/mol. The third kappa shape index (κ3) is 2.70. The van der Waals surface area contributed by atoms with Crippen LogP contribution in [0.15, 0.2) is 29.2 Å². The van der Waals surface area contributed by atoms with Crippen molar-refractivity contribution in [3.05, 3.63) is 29.8 Å². The van der Waals surface area contributed by atoms with Crippen molar-refractivity contribution in [2.45, 2.75) is 49.0 Å².